The first-order valence-electron chi connectivity index (χ1n) is 7.82. The number of hydrogen-bond donors (Lipinski definition) is 2. The highest BCUT2D eigenvalue weighted by Gasteiger charge is 2.33. The van der Waals surface area contributed by atoms with Crippen LogP contribution in [0.1, 0.15) is 15.9 Å². The lowest BCUT2D eigenvalue weighted by molar-refractivity contribution is -0.146. The fourth-order valence-electron chi connectivity index (χ4n) is 2.11. The van der Waals surface area contributed by atoms with Gasteiger partial charge < -0.3 is 15.4 Å². The summed E-state index contributed by atoms with van der Waals surface area (Å²) in [5, 5.41) is 4.17. The van der Waals surface area contributed by atoms with Crippen molar-refractivity contribution in [2.75, 3.05) is 18.5 Å². The Morgan fingerprint density at radius 1 is 1.00 bits per heavy atom. The third-order valence-electron chi connectivity index (χ3n) is 3.35. The summed E-state index contributed by atoms with van der Waals surface area (Å²) in [7, 11) is 0. The van der Waals surface area contributed by atoms with Crippen LogP contribution in [-0.4, -0.2) is 30.9 Å². The minimum Gasteiger partial charge on any atom is -0.454 e. The predicted octanol–water partition coefficient (Wildman–Crippen LogP) is 2.76. The number of amides is 2. The van der Waals surface area contributed by atoms with Gasteiger partial charge in [0, 0.05) is 5.56 Å². The summed E-state index contributed by atoms with van der Waals surface area (Å²) in [5.74, 6) is -3.35. The Bertz CT molecular complexity index is 884. The van der Waals surface area contributed by atoms with Crippen LogP contribution in [0.5, 0.6) is 0 Å². The summed E-state index contributed by atoms with van der Waals surface area (Å²) in [6, 6.07) is 9.07. The summed E-state index contributed by atoms with van der Waals surface area (Å²) < 4.78 is 56.2. The van der Waals surface area contributed by atoms with Crippen molar-refractivity contribution in [1.29, 1.82) is 0 Å². The topological polar surface area (TPSA) is 84.5 Å². The molecule has 0 atom stereocenters. The molecule has 0 saturated carbocycles. The Balaban J connectivity index is 1.82. The summed E-state index contributed by atoms with van der Waals surface area (Å²) in [6.45, 7) is -1.46. The minimum absolute atomic E-state index is 0.0192. The average Bonchev–Trinajstić information content (AvgIpc) is 2.64. The quantitative estimate of drug-likeness (QED) is 0.579. The van der Waals surface area contributed by atoms with Crippen molar-refractivity contribution in [3.05, 3.63) is 65.5 Å². The zero-order chi connectivity index (χ0) is 20.7. The number of carbonyl (C=O) groups excluding carboxylic acids is 3. The molecule has 0 radical (unpaired) electrons. The number of carbonyl (C=O) groups is 3. The fraction of sp³-hybridized carbons (Fsp3) is 0.167. The summed E-state index contributed by atoms with van der Waals surface area (Å²) >= 11 is 0. The SMILES string of the molecule is O=C(COC(=O)CNC(=O)c1cccc(F)c1)Nc1ccccc1C(F)(F)F. The van der Waals surface area contributed by atoms with Gasteiger partial charge in [-0.1, -0.05) is 18.2 Å². The molecule has 0 heterocycles. The maximum absolute atomic E-state index is 13.0. The van der Waals surface area contributed by atoms with E-state index in [2.05, 4.69) is 10.1 Å². The highest BCUT2D eigenvalue weighted by Crippen LogP contribution is 2.34. The van der Waals surface area contributed by atoms with Crippen molar-refractivity contribution in [3.63, 3.8) is 0 Å². The standard InChI is InChI=1S/C18H14F4N2O4/c19-12-5-3-4-11(8-12)17(27)23-9-16(26)28-10-15(25)24-14-7-2-1-6-13(14)18(20,21)22/h1-8H,9-10H2,(H,23,27)(H,24,25). The van der Waals surface area contributed by atoms with Crippen LogP contribution < -0.4 is 10.6 Å². The van der Waals surface area contributed by atoms with E-state index >= 15 is 0 Å². The zero-order valence-electron chi connectivity index (χ0n) is 14.2. The van der Waals surface area contributed by atoms with Crippen molar-refractivity contribution in [1.82, 2.24) is 5.32 Å². The Kier molecular flexibility index (Phi) is 6.69. The molecule has 2 N–H and O–H groups in total. The molecule has 28 heavy (non-hydrogen) atoms. The lowest BCUT2D eigenvalue weighted by Gasteiger charge is -2.13. The molecule has 148 valence electrons. The minimum atomic E-state index is -4.66. The van der Waals surface area contributed by atoms with E-state index < -0.39 is 54.2 Å². The number of benzene rings is 2. The van der Waals surface area contributed by atoms with Crippen LogP contribution in [0.2, 0.25) is 0 Å². The molecular formula is C18H14F4N2O4. The molecule has 0 bridgehead atoms. The first-order chi connectivity index (χ1) is 13.2. The lowest BCUT2D eigenvalue weighted by atomic mass is 10.1. The van der Waals surface area contributed by atoms with E-state index in [1.165, 1.54) is 24.3 Å². The van der Waals surface area contributed by atoms with Gasteiger partial charge in [-0.05, 0) is 30.3 Å². The molecule has 0 fully saturated rings. The van der Waals surface area contributed by atoms with Crippen LogP contribution in [0.3, 0.4) is 0 Å². The molecule has 0 aliphatic carbocycles. The zero-order valence-corrected chi connectivity index (χ0v) is 14.2. The van der Waals surface area contributed by atoms with Gasteiger partial charge in [0.1, 0.15) is 12.4 Å². The Morgan fingerprint density at radius 3 is 2.39 bits per heavy atom. The van der Waals surface area contributed by atoms with Crippen LogP contribution in [0.15, 0.2) is 48.5 Å². The van der Waals surface area contributed by atoms with Gasteiger partial charge in [-0.2, -0.15) is 13.2 Å². The number of alkyl halides is 3. The molecule has 0 saturated heterocycles. The van der Waals surface area contributed by atoms with Gasteiger partial charge >= 0.3 is 12.1 Å². The van der Waals surface area contributed by atoms with Crippen LogP contribution >= 0.6 is 0 Å². The molecule has 0 aliphatic rings. The summed E-state index contributed by atoms with van der Waals surface area (Å²) in [6.07, 6.45) is -4.66. The van der Waals surface area contributed by atoms with E-state index in [4.69, 9.17) is 0 Å². The second kappa shape index (κ2) is 8.98. The molecule has 0 aliphatic heterocycles. The number of nitrogens with one attached hydrogen (secondary N) is 2. The van der Waals surface area contributed by atoms with Crippen LogP contribution in [0.25, 0.3) is 0 Å². The van der Waals surface area contributed by atoms with E-state index in [0.29, 0.717) is 0 Å². The van der Waals surface area contributed by atoms with Crippen molar-refractivity contribution < 1.29 is 36.7 Å². The number of halogens is 4. The van der Waals surface area contributed by atoms with Gasteiger partial charge in [0.05, 0.1) is 11.3 Å². The number of anilines is 1. The van der Waals surface area contributed by atoms with Gasteiger partial charge in [0.25, 0.3) is 11.8 Å². The highest BCUT2D eigenvalue weighted by molar-refractivity contribution is 5.96. The van der Waals surface area contributed by atoms with Crippen molar-refractivity contribution in [2.45, 2.75) is 6.18 Å². The average molecular weight is 398 g/mol. The Labute approximate surface area is 156 Å². The van der Waals surface area contributed by atoms with Gasteiger partial charge in [-0.25, -0.2) is 4.39 Å². The maximum atomic E-state index is 13.0. The van der Waals surface area contributed by atoms with E-state index in [1.807, 2.05) is 5.32 Å². The molecule has 10 heteroatoms. The van der Waals surface area contributed by atoms with Crippen molar-refractivity contribution in [3.8, 4) is 0 Å². The third kappa shape index (κ3) is 6.08. The molecule has 6 nitrogen and oxygen atoms in total. The number of esters is 1. The number of rotatable bonds is 6. The highest BCUT2D eigenvalue weighted by atomic mass is 19.4. The van der Waals surface area contributed by atoms with E-state index in [-0.39, 0.29) is 5.56 Å². The molecule has 0 aromatic heterocycles. The fourth-order valence-corrected chi connectivity index (χ4v) is 2.11. The van der Waals surface area contributed by atoms with Gasteiger partial charge in [-0.15, -0.1) is 0 Å². The monoisotopic (exact) mass is 398 g/mol. The molecule has 2 aromatic carbocycles. The van der Waals surface area contributed by atoms with Gasteiger partial charge in [-0.3, -0.25) is 14.4 Å². The van der Waals surface area contributed by atoms with E-state index in [0.717, 1.165) is 24.3 Å². The van der Waals surface area contributed by atoms with Crippen molar-refractivity contribution in [2.24, 2.45) is 0 Å². The first-order valence-corrected chi connectivity index (χ1v) is 7.82. The molecule has 0 spiro atoms. The second-order valence-corrected chi connectivity index (χ2v) is 5.45. The largest absolute Gasteiger partial charge is 0.454 e. The lowest BCUT2D eigenvalue weighted by Crippen LogP contribution is -2.32. The third-order valence-corrected chi connectivity index (χ3v) is 3.35. The Hall–Kier alpha value is -3.43. The molecule has 2 aromatic rings. The summed E-state index contributed by atoms with van der Waals surface area (Å²) in [4.78, 5) is 35.0. The number of para-hydroxylation sites is 1. The number of hydrogen-bond acceptors (Lipinski definition) is 4. The second-order valence-electron chi connectivity index (χ2n) is 5.45. The smallest absolute Gasteiger partial charge is 0.418 e. The van der Waals surface area contributed by atoms with E-state index in [9.17, 15) is 31.9 Å². The molecule has 0 unspecified atom stereocenters. The maximum Gasteiger partial charge on any atom is 0.418 e. The van der Waals surface area contributed by atoms with Crippen molar-refractivity contribution >= 4 is 23.5 Å². The van der Waals surface area contributed by atoms with Crippen LogP contribution in [0.4, 0.5) is 23.2 Å². The molecule has 2 rings (SSSR count). The normalized spacial score (nSPS) is 10.9. The van der Waals surface area contributed by atoms with E-state index in [1.54, 1.807) is 0 Å². The van der Waals surface area contributed by atoms with Gasteiger partial charge in [0.2, 0.25) is 0 Å². The van der Waals surface area contributed by atoms with Crippen LogP contribution in [-0.2, 0) is 20.5 Å². The first kappa shape index (κ1) is 20.9. The Morgan fingerprint density at radius 2 is 1.71 bits per heavy atom. The predicted molar refractivity (Wildman–Crippen MR) is 89.8 cm³/mol. The van der Waals surface area contributed by atoms with Gasteiger partial charge in [0.15, 0.2) is 6.61 Å². The number of ether oxygens (including phenoxy) is 1. The van der Waals surface area contributed by atoms with Crippen LogP contribution in [0, 0.1) is 5.82 Å². The molecular weight excluding hydrogens is 384 g/mol. The molecule has 2 amide bonds. The summed E-state index contributed by atoms with van der Waals surface area (Å²) in [5.41, 5.74) is -1.54.